The third kappa shape index (κ3) is 1.78. The molecule has 0 aromatic carbocycles. The Morgan fingerprint density at radius 3 is 2.68 bits per heavy atom. The molecule has 0 aromatic rings. The number of hydrogen-bond donors (Lipinski definition) is 3. The second-order valence-corrected chi connectivity index (χ2v) is 8.82. The van der Waals surface area contributed by atoms with Gasteiger partial charge >= 0.3 is 0 Å². The van der Waals surface area contributed by atoms with E-state index in [1.54, 1.807) is 0 Å². The first-order chi connectivity index (χ1) is 10.4. The van der Waals surface area contributed by atoms with Crippen molar-refractivity contribution in [3.05, 3.63) is 11.6 Å². The van der Waals surface area contributed by atoms with E-state index in [9.17, 15) is 10.2 Å². The molecule has 0 saturated heterocycles. The highest BCUT2D eigenvalue weighted by Gasteiger charge is 2.61. The second kappa shape index (κ2) is 4.67. The van der Waals surface area contributed by atoms with E-state index in [0.29, 0.717) is 17.8 Å². The lowest BCUT2D eigenvalue weighted by atomic mass is 9.46. The summed E-state index contributed by atoms with van der Waals surface area (Å²) in [5.74, 6) is 1.43. The lowest BCUT2D eigenvalue weighted by Crippen LogP contribution is -2.57. The van der Waals surface area contributed by atoms with Gasteiger partial charge in [-0.25, -0.2) is 0 Å². The first-order valence-electron chi connectivity index (χ1n) is 9.01. The maximum Gasteiger partial charge on any atom is 0.0597 e. The van der Waals surface area contributed by atoms with Gasteiger partial charge in [0.1, 0.15) is 0 Å². The van der Waals surface area contributed by atoms with Crippen molar-refractivity contribution >= 4 is 5.71 Å². The van der Waals surface area contributed by atoms with Crippen LogP contribution in [0.4, 0.5) is 0 Å². The Labute approximate surface area is 133 Å². The van der Waals surface area contributed by atoms with Crippen LogP contribution in [0.2, 0.25) is 0 Å². The van der Waals surface area contributed by atoms with Gasteiger partial charge in [-0.05, 0) is 79.6 Å². The van der Waals surface area contributed by atoms with Crippen LogP contribution in [0.15, 0.2) is 11.6 Å². The lowest BCUT2D eigenvalue weighted by molar-refractivity contribution is -0.138. The average Bonchev–Trinajstić information content (AvgIpc) is 2.75. The monoisotopic (exact) mass is 303 g/mol. The molecule has 3 nitrogen and oxygen atoms in total. The highest BCUT2D eigenvalue weighted by atomic mass is 16.3. The molecule has 4 aliphatic rings. The maximum atomic E-state index is 11.0. The second-order valence-electron chi connectivity index (χ2n) is 8.82. The summed E-state index contributed by atoms with van der Waals surface area (Å²) in [6.07, 6.45) is 8.40. The summed E-state index contributed by atoms with van der Waals surface area (Å²) in [6, 6.07) is 0. The first-order valence-corrected chi connectivity index (χ1v) is 9.01. The van der Waals surface area contributed by atoms with E-state index in [0.717, 1.165) is 50.7 Å². The fourth-order valence-electron chi connectivity index (χ4n) is 6.69. The number of rotatable bonds is 0. The van der Waals surface area contributed by atoms with E-state index in [1.165, 1.54) is 5.57 Å². The zero-order valence-corrected chi connectivity index (χ0v) is 13.8. The van der Waals surface area contributed by atoms with E-state index in [4.69, 9.17) is 5.41 Å². The number of allylic oxidation sites excluding steroid dienone is 2. The normalized spacial score (nSPS) is 54.3. The first kappa shape index (κ1) is 14.9. The van der Waals surface area contributed by atoms with Gasteiger partial charge in [0.15, 0.2) is 0 Å². The Bertz CT molecular complexity index is 542. The fraction of sp³-hybridized carbons (Fsp3) is 0.842. The van der Waals surface area contributed by atoms with Crippen molar-refractivity contribution in [2.75, 3.05) is 0 Å². The van der Waals surface area contributed by atoms with Crippen LogP contribution in [0.25, 0.3) is 0 Å². The van der Waals surface area contributed by atoms with Gasteiger partial charge in [0.2, 0.25) is 0 Å². The van der Waals surface area contributed by atoms with Gasteiger partial charge in [-0.3, -0.25) is 0 Å². The predicted molar refractivity (Wildman–Crippen MR) is 86.8 cm³/mol. The summed E-state index contributed by atoms with van der Waals surface area (Å²) >= 11 is 0. The molecule has 0 aromatic heterocycles. The maximum absolute atomic E-state index is 11.0. The van der Waals surface area contributed by atoms with Crippen LogP contribution in [-0.4, -0.2) is 28.1 Å². The summed E-state index contributed by atoms with van der Waals surface area (Å²) in [5, 5.41) is 29.5. The molecule has 3 fully saturated rings. The van der Waals surface area contributed by atoms with Gasteiger partial charge in [-0.2, -0.15) is 0 Å². The standard InChI is InChI=1S/C19H29NO2/c1-18-8-7-12(20)9-11(18)3-4-13-14-5-6-16(22)19(14,2)10-15(21)17(13)18/h9,13-17,20-22H,3-8,10H2,1-2H3/t13-,14?,15?,16+,17?,18-,19-/m0/s1. The number of hydrogen-bond acceptors (Lipinski definition) is 3. The number of aliphatic hydroxyl groups is 2. The molecule has 4 rings (SSSR count). The van der Waals surface area contributed by atoms with Gasteiger partial charge < -0.3 is 15.6 Å². The predicted octanol–water partition coefficient (Wildman–Crippen LogP) is 3.30. The van der Waals surface area contributed by atoms with Crippen LogP contribution < -0.4 is 0 Å². The molecule has 0 radical (unpaired) electrons. The molecule has 3 saturated carbocycles. The molecule has 3 unspecified atom stereocenters. The largest absolute Gasteiger partial charge is 0.393 e. The lowest BCUT2D eigenvalue weighted by Gasteiger charge is -2.59. The van der Waals surface area contributed by atoms with E-state index in [2.05, 4.69) is 19.9 Å². The highest BCUT2D eigenvalue weighted by Crippen LogP contribution is 2.65. The third-order valence-electron chi connectivity index (χ3n) is 7.88. The molecule has 3 heteroatoms. The number of fused-ring (bicyclic) bond motifs is 5. The van der Waals surface area contributed by atoms with Crippen molar-refractivity contribution < 1.29 is 10.2 Å². The molecule has 3 N–H and O–H groups in total. The van der Waals surface area contributed by atoms with Gasteiger partial charge in [0.05, 0.1) is 12.2 Å². The molecule has 7 atom stereocenters. The highest BCUT2D eigenvalue weighted by molar-refractivity contribution is 5.94. The summed E-state index contributed by atoms with van der Waals surface area (Å²) in [4.78, 5) is 0. The minimum Gasteiger partial charge on any atom is -0.393 e. The van der Waals surface area contributed by atoms with Crippen molar-refractivity contribution in [1.29, 1.82) is 5.41 Å². The van der Waals surface area contributed by atoms with E-state index in [-0.39, 0.29) is 23.0 Å². The zero-order valence-electron chi connectivity index (χ0n) is 13.8. The molecule has 0 spiro atoms. The van der Waals surface area contributed by atoms with Crippen LogP contribution >= 0.6 is 0 Å². The summed E-state index contributed by atoms with van der Waals surface area (Å²) in [6.45, 7) is 4.54. The topological polar surface area (TPSA) is 64.3 Å². The molecular weight excluding hydrogens is 274 g/mol. The van der Waals surface area contributed by atoms with Crippen LogP contribution in [0, 0.1) is 34.0 Å². The summed E-state index contributed by atoms with van der Waals surface area (Å²) < 4.78 is 0. The van der Waals surface area contributed by atoms with Crippen LogP contribution in [-0.2, 0) is 0 Å². The van der Waals surface area contributed by atoms with Crippen LogP contribution in [0.1, 0.15) is 58.8 Å². The minimum atomic E-state index is -0.306. The zero-order chi connectivity index (χ0) is 15.7. The number of aliphatic hydroxyl groups excluding tert-OH is 2. The Balaban J connectivity index is 1.74. The molecule has 4 aliphatic carbocycles. The van der Waals surface area contributed by atoms with Crippen molar-refractivity contribution in [3.8, 4) is 0 Å². The molecule has 0 heterocycles. The molecular formula is C19H29NO2. The summed E-state index contributed by atoms with van der Waals surface area (Å²) in [7, 11) is 0. The van der Waals surface area contributed by atoms with Crippen molar-refractivity contribution in [1.82, 2.24) is 0 Å². The number of nitrogens with one attached hydrogen (secondary N) is 1. The SMILES string of the molecule is C[C@]12CCC(=N)C=C1CC[C@@H]1C2C(O)C[C@@]2(C)C1CC[C@H]2O. The van der Waals surface area contributed by atoms with E-state index < -0.39 is 0 Å². The molecule has 22 heavy (non-hydrogen) atoms. The minimum absolute atomic E-state index is 0.0712. The molecule has 0 amide bonds. The van der Waals surface area contributed by atoms with E-state index in [1.807, 2.05) is 0 Å². The fourth-order valence-corrected chi connectivity index (χ4v) is 6.69. The van der Waals surface area contributed by atoms with Gasteiger partial charge in [0, 0.05) is 5.71 Å². The van der Waals surface area contributed by atoms with Crippen LogP contribution in [0.5, 0.6) is 0 Å². The van der Waals surface area contributed by atoms with Crippen LogP contribution in [0.3, 0.4) is 0 Å². The van der Waals surface area contributed by atoms with Gasteiger partial charge in [0.25, 0.3) is 0 Å². The quantitative estimate of drug-likeness (QED) is 0.643. The Morgan fingerprint density at radius 2 is 1.91 bits per heavy atom. The van der Waals surface area contributed by atoms with E-state index >= 15 is 0 Å². The molecule has 0 bridgehead atoms. The summed E-state index contributed by atoms with van der Waals surface area (Å²) in [5.41, 5.74) is 2.16. The third-order valence-corrected chi connectivity index (χ3v) is 7.88. The van der Waals surface area contributed by atoms with Gasteiger partial charge in [-0.15, -0.1) is 0 Å². The smallest absolute Gasteiger partial charge is 0.0597 e. The molecule has 122 valence electrons. The Morgan fingerprint density at radius 1 is 1.14 bits per heavy atom. The van der Waals surface area contributed by atoms with Crippen molar-refractivity contribution in [2.24, 2.45) is 28.6 Å². The van der Waals surface area contributed by atoms with Crippen molar-refractivity contribution in [3.63, 3.8) is 0 Å². The van der Waals surface area contributed by atoms with Crippen molar-refractivity contribution in [2.45, 2.75) is 71.0 Å². The Kier molecular flexibility index (Phi) is 3.16. The molecule has 0 aliphatic heterocycles. The van der Waals surface area contributed by atoms with Gasteiger partial charge in [-0.1, -0.05) is 19.4 Å². The Hall–Kier alpha value is -0.670. The average molecular weight is 303 g/mol.